The summed E-state index contributed by atoms with van der Waals surface area (Å²) in [6.07, 6.45) is 3.20. The summed E-state index contributed by atoms with van der Waals surface area (Å²) in [6, 6.07) is 7.80. The van der Waals surface area contributed by atoms with E-state index >= 15 is 0 Å². The summed E-state index contributed by atoms with van der Waals surface area (Å²) in [5, 5.41) is 8.75. The van der Waals surface area contributed by atoms with Crippen molar-refractivity contribution in [2.75, 3.05) is 6.54 Å². The molecule has 0 aliphatic rings. The molecule has 4 nitrogen and oxygen atoms in total. The van der Waals surface area contributed by atoms with Gasteiger partial charge in [-0.05, 0) is 37.1 Å². The van der Waals surface area contributed by atoms with Gasteiger partial charge in [-0.3, -0.25) is 0 Å². The fourth-order valence-corrected chi connectivity index (χ4v) is 1.90. The predicted molar refractivity (Wildman–Crippen MR) is 70.5 cm³/mol. The number of benzene rings is 1. The molecule has 0 saturated heterocycles. The number of nitrogens with zero attached hydrogens (tertiary/aromatic N) is 2. The molecule has 0 aliphatic heterocycles. The summed E-state index contributed by atoms with van der Waals surface area (Å²) in [7, 11) is 0. The number of hydrogen-bond donors (Lipinski definition) is 1. The van der Waals surface area contributed by atoms with E-state index in [0.717, 1.165) is 30.7 Å². The molecular weight excluding hydrogens is 250 g/mol. The summed E-state index contributed by atoms with van der Waals surface area (Å²) >= 11 is 5.92. The van der Waals surface area contributed by atoms with Gasteiger partial charge in [-0.1, -0.05) is 23.7 Å². The van der Waals surface area contributed by atoms with Gasteiger partial charge in [-0.25, -0.2) is 0 Å². The number of halogens is 1. The lowest BCUT2D eigenvalue weighted by atomic mass is 10.1. The standard InChI is InChI=1S/C13H16ClN3O/c14-11-4-1-3-10(9-11)6-7-13-17-16-12(18-13)5-2-8-15/h1,3-4,9H,2,5-8,15H2. The highest BCUT2D eigenvalue weighted by Crippen LogP contribution is 2.13. The van der Waals surface area contributed by atoms with Crippen molar-refractivity contribution in [1.82, 2.24) is 10.2 Å². The lowest BCUT2D eigenvalue weighted by Crippen LogP contribution is -2.00. The molecule has 0 fully saturated rings. The lowest BCUT2D eigenvalue weighted by Gasteiger charge is -1.98. The molecule has 1 aromatic carbocycles. The molecule has 2 aromatic rings. The number of rotatable bonds is 6. The van der Waals surface area contributed by atoms with Crippen molar-refractivity contribution >= 4 is 11.6 Å². The minimum absolute atomic E-state index is 0.639. The topological polar surface area (TPSA) is 64.9 Å². The van der Waals surface area contributed by atoms with Crippen LogP contribution in [0.3, 0.4) is 0 Å². The van der Waals surface area contributed by atoms with Crippen LogP contribution in [0, 0.1) is 0 Å². The zero-order valence-electron chi connectivity index (χ0n) is 10.1. The Bertz CT molecular complexity index is 498. The third-order valence-corrected chi connectivity index (χ3v) is 2.86. The first-order valence-corrected chi connectivity index (χ1v) is 6.41. The van der Waals surface area contributed by atoms with Crippen molar-refractivity contribution in [2.24, 2.45) is 5.73 Å². The van der Waals surface area contributed by atoms with Gasteiger partial charge in [-0.2, -0.15) is 0 Å². The average Bonchev–Trinajstić information content (AvgIpc) is 2.82. The fraction of sp³-hybridized carbons (Fsp3) is 0.385. The molecule has 96 valence electrons. The minimum Gasteiger partial charge on any atom is -0.425 e. The summed E-state index contributed by atoms with van der Waals surface area (Å²) in [5.41, 5.74) is 6.60. The summed E-state index contributed by atoms with van der Waals surface area (Å²) in [4.78, 5) is 0. The van der Waals surface area contributed by atoms with Crippen LogP contribution >= 0.6 is 11.6 Å². The van der Waals surface area contributed by atoms with Gasteiger partial charge in [0.2, 0.25) is 11.8 Å². The van der Waals surface area contributed by atoms with Crippen LogP contribution < -0.4 is 5.73 Å². The molecule has 18 heavy (non-hydrogen) atoms. The van der Waals surface area contributed by atoms with Crippen LogP contribution in [0.2, 0.25) is 5.02 Å². The first kappa shape index (κ1) is 13.1. The predicted octanol–water partition coefficient (Wildman–Crippen LogP) is 2.40. The van der Waals surface area contributed by atoms with Gasteiger partial charge in [-0.15, -0.1) is 10.2 Å². The van der Waals surface area contributed by atoms with E-state index in [0.29, 0.717) is 18.3 Å². The first-order valence-electron chi connectivity index (χ1n) is 6.03. The second-order valence-electron chi connectivity index (χ2n) is 4.11. The van der Waals surface area contributed by atoms with Crippen LogP contribution in [0.1, 0.15) is 23.8 Å². The molecule has 0 bridgehead atoms. The van der Waals surface area contributed by atoms with E-state index in [1.807, 2.05) is 24.3 Å². The van der Waals surface area contributed by atoms with Crippen LogP contribution in [0.25, 0.3) is 0 Å². The minimum atomic E-state index is 0.639. The quantitative estimate of drug-likeness (QED) is 0.871. The van der Waals surface area contributed by atoms with E-state index in [2.05, 4.69) is 10.2 Å². The Morgan fingerprint density at radius 3 is 2.61 bits per heavy atom. The SMILES string of the molecule is NCCCc1nnc(CCc2cccc(Cl)c2)o1. The van der Waals surface area contributed by atoms with E-state index in [-0.39, 0.29) is 0 Å². The molecule has 0 aliphatic carbocycles. The van der Waals surface area contributed by atoms with Gasteiger partial charge in [0.15, 0.2) is 0 Å². The van der Waals surface area contributed by atoms with Crippen LogP contribution in [0.5, 0.6) is 0 Å². The molecule has 1 heterocycles. The normalized spacial score (nSPS) is 10.8. The second-order valence-corrected chi connectivity index (χ2v) is 4.55. The number of nitrogens with two attached hydrogens (primary N) is 1. The smallest absolute Gasteiger partial charge is 0.216 e. The highest BCUT2D eigenvalue weighted by atomic mass is 35.5. The third-order valence-electron chi connectivity index (χ3n) is 2.62. The molecule has 0 saturated carbocycles. The molecule has 0 spiro atoms. The van der Waals surface area contributed by atoms with Crippen molar-refractivity contribution in [2.45, 2.75) is 25.7 Å². The molecule has 2 rings (SSSR count). The van der Waals surface area contributed by atoms with Crippen molar-refractivity contribution in [3.8, 4) is 0 Å². The third kappa shape index (κ3) is 3.82. The Kier molecular flexibility index (Phi) is 4.73. The van der Waals surface area contributed by atoms with Crippen LogP contribution in [0.15, 0.2) is 28.7 Å². The number of hydrogen-bond acceptors (Lipinski definition) is 4. The summed E-state index contributed by atoms with van der Waals surface area (Å²) in [6.45, 7) is 0.639. The lowest BCUT2D eigenvalue weighted by molar-refractivity contribution is 0.444. The molecule has 0 amide bonds. The van der Waals surface area contributed by atoms with E-state index in [1.165, 1.54) is 5.56 Å². The van der Waals surface area contributed by atoms with Crippen LogP contribution in [-0.2, 0) is 19.3 Å². The fourth-order valence-electron chi connectivity index (χ4n) is 1.69. The zero-order chi connectivity index (χ0) is 12.8. The monoisotopic (exact) mass is 265 g/mol. The van der Waals surface area contributed by atoms with Crippen molar-refractivity contribution in [3.63, 3.8) is 0 Å². The van der Waals surface area contributed by atoms with Crippen molar-refractivity contribution in [3.05, 3.63) is 46.6 Å². The van der Waals surface area contributed by atoms with Gasteiger partial charge in [0.1, 0.15) is 0 Å². The largest absolute Gasteiger partial charge is 0.425 e. The van der Waals surface area contributed by atoms with E-state index in [4.69, 9.17) is 21.8 Å². The maximum Gasteiger partial charge on any atom is 0.216 e. The van der Waals surface area contributed by atoms with Gasteiger partial charge in [0.05, 0.1) is 0 Å². The number of aromatic nitrogens is 2. The molecule has 2 N–H and O–H groups in total. The maximum absolute atomic E-state index is 5.92. The van der Waals surface area contributed by atoms with Gasteiger partial charge in [0, 0.05) is 17.9 Å². The Morgan fingerprint density at radius 2 is 1.89 bits per heavy atom. The molecule has 5 heteroatoms. The second kappa shape index (κ2) is 6.52. The maximum atomic E-state index is 5.92. The van der Waals surface area contributed by atoms with Gasteiger partial charge in [0.25, 0.3) is 0 Å². The Hall–Kier alpha value is -1.39. The van der Waals surface area contributed by atoms with E-state index < -0.39 is 0 Å². The summed E-state index contributed by atoms with van der Waals surface area (Å²) < 4.78 is 5.53. The van der Waals surface area contributed by atoms with Crippen molar-refractivity contribution in [1.29, 1.82) is 0 Å². The Balaban J connectivity index is 1.88. The zero-order valence-corrected chi connectivity index (χ0v) is 10.9. The highest BCUT2D eigenvalue weighted by Gasteiger charge is 2.06. The average molecular weight is 266 g/mol. The first-order chi connectivity index (χ1) is 8.78. The summed E-state index contributed by atoms with van der Waals surface area (Å²) in [5.74, 6) is 1.34. The van der Waals surface area contributed by atoms with Gasteiger partial charge >= 0.3 is 0 Å². The highest BCUT2D eigenvalue weighted by molar-refractivity contribution is 6.30. The Labute approximate surface area is 111 Å². The molecule has 0 unspecified atom stereocenters. The van der Waals surface area contributed by atoms with Crippen molar-refractivity contribution < 1.29 is 4.42 Å². The van der Waals surface area contributed by atoms with E-state index in [1.54, 1.807) is 0 Å². The molecule has 1 aromatic heterocycles. The number of aryl methyl sites for hydroxylation is 3. The Morgan fingerprint density at radius 1 is 1.11 bits per heavy atom. The molecular formula is C13H16ClN3O. The van der Waals surface area contributed by atoms with E-state index in [9.17, 15) is 0 Å². The molecule has 0 atom stereocenters. The van der Waals surface area contributed by atoms with Crippen LogP contribution in [-0.4, -0.2) is 16.7 Å². The molecule has 0 radical (unpaired) electrons. The van der Waals surface area contributed by atoms with Gasteiger partial charge < -0.3 is 10.2 Å². The van der Waals surface area contributed by atoms with Crippen LogP contribution in [0.4, 0.5) is 0 Å².